The molecule has 6 heteroatoms. The lowest BCUT2D eigenvalue weighted by Crippen LogP contribution is -2.48. The molecule has 0 saturated heterocycles. The van der Waals surface area contributed by atoms with Crippen molar-refractivity contribution in [3.8, 4) is 6.07 Å². The van der Waals surface area contributed by atoms with Crippen molar-refractivity contribution in [3.63, 3.8) is 0 Å². The number of carbonyl (C=O) groups excluding carboxylic acids is 2. The summed E-state index contributed by atoms with van der Waals surface area (Å²) in [7, 11) is 0. The van der Waals surface area contributed by atoms with Crippen molar-refractivity contribution < 1.29 is 14.3 Å². The van der Waals surface area contributed by atoms with Crippen LogP contribution >= 0.6 is 0 Å². The third-order valence-electron chi connectivity index (χ3n) is 3.93. The van der Waals surface area contributed by atoms with Crippen molar-refractivity contribution >= 4 is 22.8 Å². The summed E-state index contributed by atoms with van der Waals surface area (Å²) in [5.74, 6) is -0.410. The number of ether oxygens (including phenoxy) is 1. The van der Waals surface area contributed by atoms with Crippen LogP contribution < -0.4 is 10.6 Å². The van der Waals surface area contributed by atoms with E-state index in [1.807, 2.05) is 55.5 Å². The predicted molar refractivity (Wildman–Crippen MR) is 99.5 cm³/mol. The maximum atomic E-state index is 12.3. The molecule has 2 rings (SSSR count). The first-order chi connectivity index (χ1) is 12.6. The van der Waals surface area contributed by atoms with E-state index in [1.54, 1.807) is 0 Å². The summed E-state index contributed by atoms with van der Waals surface area (Å²) in [6.07, 6.45) is 1.36. The Kier molecular flexibility index (Phi) is 7.44. The first kappa shape index (κ1) is 19.3. The van der Waals surface area contributed by atoms with Crippen molar-refractivity contribution in [1.29, 1.82) is 5.26 Å². The van der Waals surface area contributed by atoms with Gasteiger partial charge in [0.15, 0.2) is 0 Å². The molecule has 26 heavy (non-hydrogen) atoms. The molecule has 136 valence electrons. The second-order valence-electron chi connectivity index (χ2n) is 5.95. The van der Waals surface area contributed by atoms with Crippen molar-refractivity contribution in [2.75, 3.05) is 13.2 Å². The monoisotopic (exact) mass is 353 g/mol. The Morgan fingerprint density at radius 2 is 1.96 bits per heavy atom. The standard InChI is InChI=1S/C20H23N3O3/c1-2-3-12-26-20(25)23-18(19(24)22-11-10-21)14-15-8-9-16-6-4-5-7-17(16)13-15/h4-9,13,18H,2-3,11-12,14H2,1H3,(H,22,24)(H,23,25). The summed E-state index contributed by atoms with van der Waals surface area (Å²) in [5, 5.41) is 15.9. The first-order valence-electron chi connectivity index (χ1n) is 8.69. The van der Waals surface area contributed by atoms with Crippen LogP contribution in [-0.2, 0) is 16.0 Å². The predicted octanol–water partition coefficient (Wildman–Crippen LogP) is 2.92. The molecule has 2 amide bonds. The molecule has 0 heterocycles. The van der Waals surface area contributed by atoms with Gasteiger partial charge in [0, 0.05) is 6.42 Å². The lowest BCUT2D eigenvalue weighted by Gasteiger charge is -2.18. The molecule has 1 unspecified atom stereocenters. The lowest BCUT2D eigenvalue weighted by molar-refractivity contribution is -0.122. The smallest absolute Gasteiger partial charge is 0.407 e. The quantitative estimate of drug-likeness (QED) is 0.564. The van der Waals surface area contributed by atoms with Crippen LogP contribution in [-0.4, -0.2) is 31.2 Å². The van der Waals surface area contributed by atoms with E-state index in [4.69, 9.17) is 10.00 Å². The van der Waals surface area contributed by atoms with Crippen LogP contribution in [0.3, 0.4) is 0 Å². The van der Waals surface area contributed by atoms with E-state index in [0.29, 0.717) is 13.0 Å². The molecular weight excluding hydrogens is 330 g/mol. The van der Waals surface area contributed by atoms with E-state index in [9.17, 15) is 9.59 Å². The molecule has 0 radical (unpaired) electrons. The fourth-order valence-corrected chi connectivity index (χ4v) is 2.55. The van der Waals surface area contributed by atoms with Gasteiger partial charge in [-0.3, -0.25) is 4.79 Å². The number of benzene rings is 2. The zero-order valence-corrected chi connectivity index (χ0v) is 14.8. The van der Waals surface area contributed by atoms with Gasteiger partial charge in [0.05, 0.1) is 12.7 Å². The minimum absolute atomic E-state index is 0.111. The Balaban J connectivity index is 2.09. The number of fused-ring (bicyclic) bond motifs is 1. The van der Waals surface area contributed by atoms with E-state index in [0.717, 1.165) is 29.2 Å². The second kappa shape index (κ2) is 10.0. The number of nitriles is 1. The molecule has 2 aromatic rings. The lowest BCUT2D eigenvalue weighted by atomic mass is 10.0. The van der Waals surface area contributed by atoms with Gasteiger partial charge in [-0.1, -0.05) is 55.8 Å². The van der Waals surface area contributed by atoms with Crippen LogP contribution in [0.5, 0.6) is 0 Å². The highest BCUT2D eigenvalue weighted by molar-refractivity contribution is 5.87. The van der Waals surface area contributed by atoms with E-state index in [2.05, 4.69) is 10.6 Å². The number of amides is 2. The SMILES string of the molecule is CCCCOC(=O)NC(Cc1ccc2ccccc2c1)C(=O)NCC#N. The van der Waals surface area contributed by atoms with Gasteiger partial charge in [0.2, 0.25) is 5.91 Å². The van der Waals surface area contributed by atoms with Crippen LogP contribution in [0.25, 0.3) is 10.8 Å². The van der Waals surface area contributed by atoms with Gasteiger partial charge in [-0.15, -0.1) is 0 Å². The largest absolute Gasteiger partial charge is 0.450 e. The molecule has 0 spiro atoms. The molecule has 0 aromatic heterocycles. The van der Waals surface area contributed by atoms with Gasteiger partial charge in [0.25, 0.3) is 0 Å². The van der Waals surface area contributed by atoms with Gasteiger partial charge in [-0.2, -0.15) is 5.26 Å². The molecule has 0 fully saturated rings. The van der Waals surface area contributed by atoms with E-state index in [-0.39, 0.29) is 6.54 Å². The summed E-state index contributed by atoms with van der Waals surface area (Å²) < 4.78 is 5.08. The van der Waals surface area contributed by atoms with Crippen LogP contribution in [0, 0.1) is 11.3 Å². The molecule has 0 bridgehead atoms. The van der Waals surface area contributed by atoms with Gasteiger partial charge in [-0.25, -0.2) is 4.79 Å². The molecule has 2 N–H and O–H groups in total. The minimum atomic E-state index is -0.807. The van der Waals surface area contributed by atoms with Gasteiger partial charge in [0.1, 0.15) is 12.6 Å². The number of unbranched alkanes of at least 4 members (excludes halogenated alkanes) is 1. The van der Waals surface area contributed by atoms with Crippen LogP contribution in [0.1, 0.15) is 25.3 Å². The molecule has 0 aliphatic carbocycles. The zero-order valence-electron chi connectivity index (χ0n) is 14.8. The molecule has 6 nitrogen and oxygen atoms in total. The van der Waals surface area contributed by atoms with Gasteiger partial charge in [-0.05, 0) is 22.8 Å². The van der Waals surface area contributed by atoms with Crippen molar-refractivity contribution in [2.24, 2.45) is 0 Å². The maximum absolute atomic E-state index is 12.3. The normalized spacial score (nSPS) is 11.4. The average Bonchev–Trinajstić information content (AvgIpc) is 2.65. The number of nitrogens with one attached hydrogen (secondary N) is 2. The Bertz CT molecular complexity index is 798. The number of rotatable bonds is 8. The van der Waals surface area contributed by atoms with Gasteiger partial charge >= 0.3 is 6.09 Å². The van der Waals surface area contributed by atoms with Gasteiger partial charge < -0.3 is 15.4 Å². The third-order valence-corrected chi connectivity index (χ3v) is 3.93. The van der Waals surface area contributed by atoms with Crippen LogP contribution in [0.2, 0.25) is 0 Å². The number of hydrogen-bond acceptors (Lipinski definition) is 4. The summed E-state index contributed by atoms with van der Waals surface area (Å²) in [4.78, 5) is 24.2. The van der Waals surface area contributed by atoms with E-state index < -0.39 is 18.0 Å². The summed E-state index contributed by atoms with van der Waals surface area (Å²) in [6.45, 7) is 2.20. The number of hydrogen-bond donors (Lipinski definition) is 2. The number of alkyl carbamates (subject to hydrolysis) is 1. The number of carbonyl (C=O) groups is 2. The minimum Gasteiger partial charge on any atom is -0.450 e. The average molecular weight is 353 g/mol. The summed E-state index contributed by atoms with van der Waals surface area (Å²) in [6, 6.07) is 14.9. The van der Waals surface area contributed by atoms with Crippen molar-refractivity contribution in [3.05, 3.63) is 48.0 Å². The Hall–Kier alpha value is -3.07. The van der Waals surface area contributed by atoms with Crippen LogP contribution in [0.15, 0.2) is 42.5 Å². The molecule has 0 saturated carbocycles. The summed E-state index contributed by atoms with van der Waals surface area (Å²) >= 11 is 0. The fourth-order valence-electron chi connectivity index (χ4n) is 2.55. The summed E-state index contributed by atoms with van der Waals surface area (Å²) in [5.41, 5.74) is 0.912. The van der Waals surface area contributed by atoms with E-state index in [1.165, 1.54) is 0 Å². The Morgan fingerprint density at radius 1 is 1.19 bits per heavy atom. The second-order valence-corrected chi connectivity index (χ2v) is 5.95. The van der Waals surface area contributed by atoms with E-state index >= 15 is 0 Å². The van der Waals surface area contributed by atoms with Crippen molar-refractivity contribution in [1.82, 2.24) is 10.6 Å². The highest BCUT2D eigenvalue weighted by Gasteiger charge is 2.21. The van der Waals surface area contributed by atoms with Crippen molar-refractivity contribution in [2.45, 2.75) is 32.2 Å². The molecule has 0 aliphatic heterocycles. The molecule has 1 atom stereocenters. The molecule has 2 aromatic carbocycles. The highest BCUT2D eigenvalue weighted by atomic mass is 16.5. The maximum Gasteiger partial charge on any atom is 0.407 e. The Morgan fingerprint density at radius 3 is 2.69 bits per heavy atom. The Labute approximate surface area is 153 Å². The highest BCUT2D eigenvalue weighted by Crippen LogP contribution is 2.16. The third kappa shape index (κ3) is 5.78. The zero-order chi connectivity index (χ0) is 18.8. The first-order valence-corrected chi connectivity index (χ1v) is 8.69. The molecular formula is C20H23N3O3. The fraction of sp³-hybridized carbons (Fsp3) is 0.350. The molecule has 0 aliphatic rings. The number of nitrogens with zero attached hydrogens (tertiary/aromatic N) is 1. The topological polar surface area (TPSA) is 91.2 Å². The van der Waals surface area contributed by atoms with Crippen LogP contribution in [0.4, 0.5) is 4.79 Å².